The number of benzene rings is 2. The Hall–Kier alpha value is -3.02. The fraction of sp³-hybridized carbons (Fsp3) is 0.391. The van der Waals surface area contributed by atoms with Gasteiger partial charge in [-0.1, -0.05) is 45.0 Å². The summed E-state index contributed by atoms with van der Waals surface area (Å²) in [6.07, 6.45) is 0.828. The highest BCUT2D eigenvalue weighted by molar-refractivity contribution is 5.85. The van der Waals surface area contributed by atoms with E-state index in [-0.39, 0.29) is 6.61 Å². The van der Waals surface area contributed by atoms with Crippen molar-refractivity contribution in [2.75, 3.05) is 6.61 Å². The number of ether oxygens (including phenoxy) is 2. The second-order valence-corrected chi connectivity index (χ2v) is 7.04. The molecule has 6 heteroatoms. The number of hydrogen-bond donors (Lipinski definition) is 2. The van der Waals surface area contributed by atoms with Crippen LogP contribution in [-0.4, -0.2) is 24.5 Å². The van der Waals surface area contributed by atoms with Crippen LogP contribution in [-0.2, 0) is 9.59 Å². The summed E-state index contributed by atoms with van der Waals surface area (Å²) in [6.45, 7) is 7.90. The van der Waals surface area contributed by atoms with Crippen molar-refractivity contribution in [1.82, 2.24) is 10.9 Å². The Kier molecular flexibility index (Phi) is 8.52. The van der Waals surface area contributed by atoms with Crippen LogP contribution in [0.4, 0.5) is 0 Å². The minimum atomic E-state index is -0.703. The van der Waals surface area contributed by atoms with Crippen LogP contribution < -0.4 is 20.3 Å². The van der Waals surface area contributed by atoms with Gasteiger partial charge in [0.25, 0.3) is 11.8 Å². The van der Waals surface area contributed by atoms with Crippen molar-refractivity contribution in [2.24, 2.45) is 0 Å². The van der Waals surface area contributed by atoms with Gasteiger partial charge in [0.05, 0.1) is 0 Å². The summed E-state index contributed by atoms with van der Waals surface area (Å²) in [6, 6.07) is 15.1. The van der Waals surface area contributed by atoms with Crippen LogP contribution in [0.15, 0.2) is 48.5 Å². The van der Waals surface area contributed by atoms with Crippen molar-refractivity contribution in [3.63, 3.8) is 0 Å². The highest BCUT2D eigenvalue weighted by Gasteiger charge is 2.19. The van der Waals surface area contributed by atoms with E-state index in [1.165, 1.54) is 5.56 Å². The molecule has 0 bridgehead atoms. The molecule has 2 aromatic rings. The van der Waals surface area contributed by atoms with Crippen LogP contribution in [0.25, 0.3) is 0 Å². The lowest BCUT2D eigenvalue weighted by atomic mass is 9.99. The Balaban J connectivity index is 1.77. The average molecular weight is 399 g/mol. The van der Waals surface area contributed by atoms with Crippen molar-refractivity contribution in [3.8, 4) is 11.5 Å². The van der Waals surface area contributed by atoms with E-state index in [2.05, 4.69) is 24.7 Å². The third-order valence-electron chi connectivity index (χ3n) is 4.69. The zero-order valence-electron chi connectivity index (χ0n) is 17.5. The molecule has 0 aliphatic heterocycles. The molecular weight excluding hydrogens is 368 g/mol. The van der Waals surface area contributed by atoms with Gasteiger partial charge in [0.1, 0.15) is 11.5 Å². The van der Waals surface area contributed by atoms with Crippen LogP contribution in [0.3, 0.4) is 0 Å². The van der Waals surface area contributed by atoms with Gasteiger partial charge in [-0.25, -0.2) is 0 Å². The van der Waals surface area contributed by atoms with Crippen molar-refractivity contribution in [1.29, 1.82) is 0 Å². The first-order valence-electron chi connectivity index (χ1n) is 9.97. The second kappa shape index (κ2) is 11.1. The topological polar surface area (TPSA) is 76.7 Å². The van der Waals surface area contributed by atoms with E-state index in [4.69, 9.17) is 9.47 Å². The van der Waals surface area contributed by atoms with Crippen LogP contribution >= 0.6 is 0 Å². The largest absolute Gasteiger partial charge is 0.484 e. The summed E-state index contributed by atoms with van der Waals surface area (Å²) in [5.41, 5.74) is 7.03. The predicted molar refractivity (Wildman–Crippen MR) is 113 cm³/mol. The minimum Gasteiger partial charge on any atom is -0.484 e. The standard InChI is InChI=1S/C23H30N2O4/c1-5-17(4)18-10-12-19(13-11-18)28-15-22(26)24-25-23(27)21(6-2)29-20-9-7-8-16(3)14-20/h7-14,17,21H,5-6,15H2,1-4H3,(H,24,26)(H,25,27). The number of amides is 2. The molecule has 0 saturated heterocycles. The lowest BCUT2D eigenvalue weighted by Crippen LogP contribution is -2.49. The van der Waals surface area contributed by atoms with Crippen LogP contribution in [0.1, 0.15) is 50.7 Å². The van der Waals surface area contributed by atoms with Gasteiger partial charge >= 0.3 is 0 Å². The maximum Gasteiger partial charge on any atom is 0.279 e. The molecule has 0 spiro atoms. The highest BCUT2D eigenvalue weighted by Crippen LogP contribution is 2.21. The molecule has 0 aromatic heterocycles. The SMILES string of the molecule is CCC(Oc1cccc(C)c1)C(=O)NNC(=O)COc1ccc(C(C)CC)cc1. The van der Waals surface area contributed by atoms with Crippen LogP contribution in [0.5, 0.6) is 11.5 Å². The van der Waals surface area contributed by atoms with Gasteiger partial charge in [0.15, 0.2) is 12.7 Å². The average Bonchev–Trinajstić information content (AvgIpc) is 2.74. The van der Waals surface area contributed by atoms with E-state index in [1.54, 1.807) is 6.07 Å². The molecule has 2 N–H and O–H groups in total. The minimum absolute atomic E-state index is 0.196. The summed E-state index contributed by atoms with van der Waals surface area (Å²) in [5, 5.41) is 0. The van der Waals surface area contributed by atoms with Gasteiger partial charge in [0.2, 0.25) is 0 Å². The molecule has 2 amide bonds. The molecule has 0 saturated carbocycles. The fourth-order valence-corrected chi connectivity index (χ4v) is 2.70. The molecule has 0 fully saturated rings. The van der Waals surface area contributed by atoms with Gasteiger partial charge in [-0.05, 0) is 61.1 Å². The van der Waals surface area contributed by atoms with E-state index in [0.29, 0.717) is 23.8 Å². The molecular formula is C23H30N2O4. The molecule has 29 heavy (non-hydrogen) atoms. The number of rotatable bonds is 9. The lowest BCUT2D eigenvalue weighted by molar-refractivity contribution is -0.134. The first-order valence-corrected chi connectivity index (χ1v) is 9.97. The number of carbonyl (C=O) groups is 2. The highest BCUT2D eigenvalue weighted by atomic mass is 16.5. The van der Waals surface area contributed by atoms with Crippen molar-refractivity contribution < 1.29 is 19.1 Å². The van der Waals surface area contributed by atoms with E-state index in [0.717, 1.165) is 12.0 Å². The van der Waals surface area contributed by atoms with E-state index in [1.807, 2.05) is 56.3 Å². The maximum absolute atomic E-state index is 12.3. The van der Waals surface area contributed by atoms with Gasteiger partial charge in [0, 0.05) is 0 Å². The molecule has 0 radical (unpaired) electrons. The van der Waals surface area contributed by atoms with E-state index in [9.17, 15) is 9.59 Å². The molecule has 0 aliphatic rings. The summed E-state index contributed by atoms with van der Waals surface area (Å²) in [4.78, 5) is 24.2. The van der Waals surface area contributed by atoms with Gasteiger partial charge in [-0.15, -0.1) is 0 Å². The molecule has 2 atom stereocenters. The molecule has 2 aromatic carbocycles. The van der Waals surface area contributed by atoms with Crippen LogP contribution in [0.2, 0.25) is 0 Å². The van der Waals surface area contributed by atoms with E-state index >= 15 is 0 Å². The van der Waals surface area contributed by atoms with Crippen LogP contribution in [0, 0.1) is 6.92 Å². The second-order valence-electron chi connectivity index (χ2n) is 7.04. The Morgan fingerprint density at radius 1 is 0.966 bits per heavy atom. The normalized spacial score (nSPS) is 12.6. The van der Waals surface area contributed by atoms with Gasteiger partial charge in [-0.3, -0.25) is 20.4 Å². The number of aryl methyl sites for hydroxylation is 1. The van der Waals surface area contributed by atoms with Crippen molar-refractivity contribution in [2.45, 2.75) is 52.6 Å². The zero-order valence-corrected chi connectivity index (χ0v) is 17.5. The Morgan fingerprint density at radius 3 is 2.31 bits per heavy atom. The molecule has 2 unspecified atom stereocenters. The summed E-state index contributed by atoms with van der Waals surface area (Å²) in [5.74, 6) is 0.835. The molecule has 0 heterocycles. The number of nitrogens with one attached hydrogen (secondary N) is 2. The number of hydrazine groups is 1. The Morgan fingerprint density at radius 2 is 1.69 bits per heavy atom. The first kappa shape index (κ1) is 22.3. The van der Waals surface area contributed by atoms with Crippen molar-refractivity contribution >= 4 is 11.8 Å². The summed E-state index contributed by atoms with van der Waals surface area (Å²) in [7, 11) is 0. The lowest BCUT2D eigenvalue weighted by Gasteiger charge is -2.18. The third-order valence-corrected chi connectivity index (χ3v) is 4.69. The summed E-state index contributed by atoms with van der Waals surface area (Å²) < 4.78 is 11.2. The van der Waals surface area contributed by atoms with Gasteiger partial charge in [-0.2, -0.15) is 0 Å². The smallest absolute Gasteiger partial charge is 0.279 e. The number of hydrogen-bond acceptors (Lipinski definition) is 4. The third kappa shape index (κ3) is 7.14. The molecule has 2 rings (SSSR count). The monoisotopic (exact) mass is 398 g/mol. The van der Waals surface area contributed by atoms with Gasteiger partial charge < -0.3 is 9.47 Å². The summed E-state index contributed by atoms with van der Waals surface area (Å²) >= 11 is 0. The molecule has 6 nitrogen and oxygen atoms in total. The van der Waals surface area contributed by atoms with E-state index < -0.39 is 17.9 Å². The quantitative estimate of drug-likeness (QED) is 0.628. The van der Waals surface area contributed by atoms with Crippen molar-refractivity contribution in [3.05, 3.63) is 59.7 Å². The molecule has 0 aliphatic carbocycles. The molecule has 156 valence electrons. The predicted octanol–water partition coefficient (Wildman–Crippen LogP) is 3.89. The zero-order chi connectivity index (χ0) is 21.2. The first-order chi connectivity index (χ1) is 13.9. The fourth-order valence-electron chi connectivity index (χ4n) is 2.70. The Labute approximate surface area is 172 Å². The maximum atomic E-state index is 12.3. The number of carbonyl (C=O) groups excluding carboxylic acids is 2. The Bertz CT molecular complexity index is 805.